The van der Waals surface area contributed by atoms with Gasteiger partial charge in [0, 0.05) is 30.2 Å². The Morgan fingerprint density at radius 1 is 1.06 bits per heavy atom. The number of furan rings is 1. The maximum Gasteiger partial charge on any atom is 0.290 e. The molecular formula is C25H26N2O3S. The molecule has 0 fully saturated rings. The lowest BCUT2D eigenvalue weighted by Gasteiger charge is -2.35. The number of fused-ring (bicyclic) bond motifs is 1. The molecule has 0 aliphatic carbocycles. The third-order valence-corrected chi connectivity index (χ3v) is 6.69. The molecule has 2 heterocycles. The molecule has 0 saturated heterocycles. The molecule has 31 heavy (non-hydrogen) atoms. The Morgan fingerprint density at radius 3 is 2.61 bits per heavy atom. The van der Waals surface area contributed by atoms with E-state index in [2.05, 4.69) is 37.4 Å². The maximum atomic E-state index is 13.1. The summed E-state index contributed by atoms with van der Waals surface area (Å²) in [5, 5.41) is 3.03. The third kappa shape index (κ3) is 4.85. The topological polar surface area (TPSA) is 62.6 Å². The van der Waals surface area contributed by atoms with Gasteiger partial charge in [-0.2, -0.15) is 0 Å². The van der Waals surface area contributed by atoms with Gasteiger partial charge in [0.15, 0.2) is 5.76 Å². The first-order valence-electron chi connectivity index (χ1n) is 10.4. The van der Waals surface area contributed by atoms with Gasteiger partial charge in [-0.05, 0) is 60.4 Å². The van der Waals surface area contributed by atoms with Crippen molar-refractivity contribution in [2.45, 2.75) is 37.8 Å². The van der Waals surface area contributed by atoms with Gasteiger partial charge in [-0.25, -0.2) is 0 Å². The van der Waals surface area contributed by atoms with E-state index in [1.165, 1.54) is 22.3 Å². The van der Waals surface area contributed by atoms with Gasteiger partial charge in [0.1, 0.15) is 6.04 Å². The summed E-state index contributed by atoms with van der Waals surface area (Å²) >= 11 is 1.72. The molecule has 0 radical (unpaired) electrons. The fourth-order valence-electron chi connectivity index (χ4n) is 3.78. The number of nitrogens with zero attached hydrogens (tertiary/aromatic N) is 1. The Balaban J connectivity index is 1.41. The van der Waals surface area contributed by atoms with Crippen LogP contribution < -0.4 is 5.32 Å². The van der Waals surface area contributed by atoms with Crippen LogP contribution in [0.2, 0.25) is 0 Å². The number of carbonyl (C=O) groups is 2. The molecule has 3 aromatic rings. The molecule has 1 atom stereocenters. The van der Waals surface area contributed by atoms with Gasteiger partial charge >= 0.3 is 0 Å². The number of carbonyl (C=O) groups excluding carboxylic acids is 2. The van der Waals surface area contributed by atoms with E-state index in [4.69, 9.17) is 4.42 Å². The van der Waals surface area contributed by atoms with Crippen LogP contribution in [0.1, 0.15) is 32.8 Å². The number of rotatable bonds is 6. The number of hydrogen-bond acceptors (Lipinski definition) is 4. The van der Waals surface area contributed by atoms with Crippen molar-refractivity contribution < 1.29 is 14.0 Å². The highest BCUT2D eigenvalue weighted by Gasteiger charge is 2.35. The van der Waals surface area contributed by atoms with E-state index in [1.807, 2.05) is 24.3 Å². The van der Waals surface area contributed by atoms with Crippen LogP contribution in [0.15, 0.2) is 70.2 Å². The number of thioether (sulfide) groups is 1. The predicted molar refractivity (Wildman–Crippen MR) is 122 cm³/mol. The van der Waals surface area contributed by atoms with Crippen LogP contribution in [0.3, 0.4) is 0 Å². The summed E-state index contributed by atoms with van der Waals surface area (Å²) in [6.45, 7) is 5.14. The second-order valence-corrected chi connectivity index (χ2v) is 8.95. The molecule has 1 N–H and O–H groups in total. The van der Waals surface area contributed by atoms with Gasteiger partial charge in [-0.15, -0.1) is 11.8 Å². The summed E-state index contributed by atoms with van der Waals surface area (Å²) < 4.78 is 5.30. The molecule has 1 aliphatic heterocycles. The number of aryl methyl sites for hydroxylation is 2. The van der Waals surface area contributed by atoms with Crippen molar-refractivity contribution in [2.75, 3.05) is 12.3 Å². The summed E-state index contributed by atoms with van der Waals surface area (Å²) in [4.78, 5) is 28.9. The maximum absolute atomic E-state index is 13.1. The number of amides is 2. The molecule has 6 heteroatoms. The SMILES string of the molecule is Cc1ccc(SCCNC(=O)C2Cc3ccccc3CN2C(=O)c2ccco2)cc1C. The molecule has 4 rings (SSSR count). The molecule has 160 valence electrons. The Hall–Kier alpha value is -2.99. The van der Waals surface area contributed by atoms with E-state index in [1.54, 1.807) is 28.8 Å². The van der Waals surface area contributed by atoms with Crippen LogP contribution in [0, 0.1) is 13.8 Å². The monoisotopic (exact) mass is 434 g/mol. The van der Waals surface area contributed by atoms with Gasteiger partial charge in [0.05, 0.1) is 6.26 Å². The van der Waals surface area contributed by atoms with Crippen molar-refractivity contribution in [1.29, 1.82) is 0 Å². The van der Waals surface area contributed by atoms with E-state index < -0.39 is 6.04 Å². The van der Waals surface area contributed by atoms with Gasteiger partial charge in [0.2, 0.25) is 5.91 Å². The van der Waals surface area contributed by atoms with Gasteiger partial charge in [0.25, 0.3) is 5.91 Å². The van der Waals surface area contributed by atoms with E-state index in [0.29, 0.717) is 19.5 Å². The Kier molecular flexibility index (Phi) is 6.47. The van der Waals surface area contributed by atoms with Crippen LogP contribution in [0.25, 0.3) is 0 Å². The lowest BCUT2D eigenvalue weighted by Crippen LogP contribution is -2.52. The van der Waals surface area contributed by atoms with Crippen molar-refractivity contribution in [1.82, 2.24) is 10.2 Å². The second-order valence-electron chi connectivity index (χ2n) is 7.78. The number of benzene rings is 2. The first-order chi connectivity index (χ1) is 15.0. The lowest BCUT2D eigenvalue weighted by molar-refractivity contribution is -0.126. The van der Waals surface area contributed by atoms with Gasteiger partial charge in [-0.3, -0.25) is 9.59 Å². The zero-order valence-corrected chi connectivity index (χ0v) is 18.6. The van der Waals surface area contributed by atoms with Crippen LogP contribution in [-0.4, -0.2) is 35.1 Å². The highest BCUT2D eigenvalue weighted by atomic mass is 32.2. The van der Waals surface area contributed by atoms with Crippen molar-refractivity contribution >= 4 is 23.6 Å². The van der Waals surface area contributed by atoms with Gasteiger partial charge in [-0.1, -0.05) is 30.3 Å². The molecule has 5 nitrogen and oxygen atoms in total. The van der Waals surface area contributed by atoms with Crippen molar-refractivity contribution in [3.8, 4) is 0 Å². The Morgan fingerprint density at radius 2 is 1.87 bits per heavy atom. The molecule has 0 bridgehead atoms. The average molecular weight is 435 g/mol. The molecule has 0 saturated carbocycles. The molecule has 0 spiro atoms. The average Bonchev–Trinajstić information content (AvgIpc) is 3.32. The molecule has 2 aromatic carbocycles. The second kappa shape index (κ2) is 9.43. The minimum atomic E-state index is -0.556. The first-order valence-corrected chi connectivity index (χ1v) is 11.4. The molecule has 1 unspecified atom stereocenters. The summed E-state index contributed by atoms with van der Waals surface area (Å²) in [5.41, 5.74) is 4.71. The highest BCUT2D eigenvalue weighted by Crippen LogP contribution is 2.26. The molecule has 1 aromatic heterocycles. The zero-order valence-electron chi connectivity index (χ0n) is 17.8. The van der Waals surface area contributed by atoms with Crippen molar-refractivity contribution in [3.63, 3.8) is 0 Å². The largest absolute Gasteiger partial charge is 0.459 e. The summed E-state index contributed by atoms with van der Waals surface area (Å²) in [6, 6.07) is 17.1. The minimum absolute atomic E-state index is 0.130. The van der Waals surface area contributed by atoms with E-state index >= 15 is 0 Å². The minimum Gasteiger partial charge on any atom is -0.459 e. The quantitative estimate of drug-likeness (QED) is 0.462. The highest BCUT2D eigenvalue weighted by molar-refractivity contribution is 7.99. The fourth-order valence-corrected chi connectivity index (χ4v) is 4.64. The van der Waals surface area contributed by atoms with Gasteiger partial charge < -0.3 is 14.6 Å². The summed E-state index contributed by atoms with van der Waals surface area (Å²) in [6.07, 6.45) is 1.98. The first kappa shape index (κ1) is 21.2. The fraction of sp³-hybridized carbons (Fsp3) is 0.280. The third-order valence-electron chi connectivity index (χ3n) is 5.69. The van der Waals surface area contributed by atoms with E-state index in [0.717, 1.165) is 16.9 Å². The van der Waals surface area contributed by atoms with E-state index in [9.17, 15) is 9.59 Å². The molecule has 2 amide bonds. The summed E-state index contributed by atoms with van der Waals surface area (Å²) in [5.74, 6) is 0.630. The van der Waals surface area contributed by atoms with Crippen molar-refractivity contribution in [3.05, 3.63) is 88.9 Å². The Labute approximate surface area is 186 Å². The lowest BCUT2D eigenvalue weighted by atomic mass is 9.93. The van der Waals surface area contributed by atoms with Crippen LogP contribution in [0.5, 0.6) is 0 Å². The van der Waals surface area contributed by atoms with Crippen LogP contribution >= 0.6 is 11.8 Å². The summed E-state index contributed by atoms with van der Waals surface area (Å²) in [7, 11) is 0. The standard InChI is InChI=1S/C25H26N2O3S/c1-17-9-10-21(14-18(17)2)31-13-11-26-24(28)22-15-19-6-3-4-7-20(19)16-27(22)25(29)23-8-5-12-30-23/h3-10,12,14,22H,11,13,15-16H2,1-2H3,(H,26,28). The molecular weight excluding hydrogens is 408 g/mol. The van der Waals surface area contributed by atoms with Crippen LogP contribution in [0.4, 0.5) is 0 Å². The molecule has 1 aliphatic rings. The van der Waals surface area contributed by atoms with E-state index in [-0.39, 0.29) is 17.6 Å². The van der Waals surface area contributed by atoms with Crippen LogP contribution in [-0.2, 0) is 17.8 Å². The predicted octanol–water partition coefficient (Wildman–Crippen LogP) is 4.37. The normalized spacial score (nSPS) is 15.4. The number of hydrogen-bond donors (Lipinski definition) is 1. The zero-order chi connectivity index (χ0) is 21.8. The van der Waals surface area contributed by atoms with Crippen molar-refractivity contribution in [2.24, 2.45) is 0 Å². The Bertz CT molecular complexity index is 1080. The number of nitrogens with one attached hydrogen (secondary N) is 1. The smallest absolute Gasteiger partial charge is 0.290 e.